The lowest BCUT2D eigenvalue weighted by Crippen LogP contribution is -2.22. The molecule has 1 fully saturated rings. The van der Waals surface area contributed by atoms with Crippen LogP contribution in [0.5, 0.6) is 0 Å². The average Bonchev–Trinajstić information content (AvgIpc) is 3.03. The summed E-state index contributed by atoms with van der Waals surface area (Å²) in [6.07, 6.45) is 2.24. The molecule has 1 aromatic heterocycles. The molecule has 0 aliphatic carbocycles. The van der Waals surface area contributed by atoms with Gasteiger partial charge in [0, 0.05) is 33.4 Å². The highest BCUT2D eigenvalue weighted by atomic mass is 16.5. The van der Waals surface area contributed by atoms with Gasteiger partial charge in [-0.05, 0) is 29.2 Å². The molecule has 1 atom stereocenters. The van der Waals surface area contributed by atoms with Crippen molar-refractivity contribution in [2.45, 2.75) is 25.9 Å². The summed E-state index contributed by atoms with van der Waals surface area (Å²) in [4.78, 5) is 0. The molecule has 0 spiro atoms. The van der Waals surface area contributed by atoms with E-state index in [-0.39, 0.29) is 0 Å². The Morgan fingerprint density at radius 3 is 3.28 bits per heavy atom. The molecule has 2 rings (SSSR count). The molecule has 1 N–H and O–H groups in total. The Morgan fingerprint density at radius 1 is 1.56 bits per heavy atom. The Morgan fingerprint density at radius 2 is 2.50 bits per heavy atom. The van der Waals surface area contributed by atoms with Crippen LogP contribution in [0.2, 0.25) is 0 Å². The van der Waals surface area contributed by atoms with Gasteiger partial charge in [-0.25, -0.2) is 4.68 Å². The first-order chi connectivity index (χ1) is 8.90. The summed E-state index contributed by atoms with van der Waals surface area (Å²) in [7, 11) is 1.69. The molecule has 0 aromatic carbocycles. The van der Waals surface area contributed by atoms with Crippen LogP contribution in [-0.2, 0) is 22.6 Å². The molecule has 0 bridgehead atoms. The van der Waals surface area contributed by atoms with Gasteiger partial charge < -0.3 is 14.8 Å². The van der Waals surface area contributed by atoms with Crippen molar-refractivity contribution in [2.24, 2.45) is 5.92 Å². The number of nitrogens with zero attached hydrogens (tertiary/aromatic N) is 4. The van der Waals surface area contributed by atoms with Crippen molar-refractivity contribution in [2.75, 3.05) is 33.5 Å². The van der Waals surface area contributed by atoms with Gasteiger partial charge in [0.25, 0.3) is 0 Å². The highest BCUT2D eigenvalue weighted by molar-refractivity contribution is 4.80. The number of aryl methyl sites for hydroxylation is 1. The van der Waals surface area contributed by atoms with E-state index in [0.29, 0.717) is 19.1 Å². The van der Waals surface area contributed by atoms with Crippen LogP contribution in [-0.4, -0.2) is 53.7 Å². The molecule has 2 heterocycles. The quantitative estimate of drug-likeness (QED) is 0.650. The maximum absolute atomic E-state index is 5.36. The molecule has 7 heteroatoms. The molecule has 7 nitrogen and oxygen atoms in total. The molecule has 1 aliphatic rings. The zero-order valence-corrected chi connectivity index (χ0v) is 10.8. The molecular formula is C11H21N5O2. The van der Waals surface area contributed by atoms with E-state index in [1.807, 2.05) is 4.68 Å². The summed E-state index contributed by atoms with van der Waals surface area (Å²) in [6, 6.07) is 0. The van der Waals surface area contributed by atoms with E-state index in [4.69, 9.17) is 9.47 Å². The number of hydrogen-bond donors (Lipinski definition) is 1. The number of hydrogen-bond acceptors (Lipinski definition) is 6. The van der Waals surface area contributed by atoms with Crippen LogP contribution in [0, 0.1) is 5.92 Å². The molecular weight excluding hydrogens is 234 g/mol. The first-order valence-electron chi connectivity index (χ1n) is 6.42. The summed E-state index contributed by atoms with van der Waals surface area (Å²) in [5, 5.41) is 15.0. The summed E-state index contributed by atoms with van der Waals surface area (Å²) in [5.74, 6) is 1.54. The Labute approximate surface area is 107 Å². The molecule has 1 unspecified atom stereocenters. The van der Waals surface area contributed by atoms with Crippen LogP contribution in [0.3, 0.4) is 0 Å². The smallest absolute Gasteiger partial charge is 0.165 e. The van der Waals surface area contributed by atoms with Gasteiger partial charge in [-0.15, -0.1) is 5.10 Å². The number of ether oxygens (including phenoxy) is 2. The van der Waals surface area contributed by atoms with Gasteiger partial charge in [0.15, 0.2) is 5.82 Å². The predicted molar refractivity (Wildman–Crippen MR) is 64.9 cm³/mol. The molecule has 0 radical (unpaired) electrons. The van der Waals surface area contributed by atoms with E-state index < -0.39 is 0 Å². The van der Waals surface area contributed by atoms with E-state index in [9.17, 15) is 0 Å². The van der Waals surface area contributed by atoms with Crippen molar-refractivity contribution in [3.63, 3.8) is 0 Å². The van der Waals surface area contributed by atoms with E-state index in [2.05, 4.69) is 20.8 Å². The fraction of sp³-hybridized carbons (Fsp3) is 0.909. The van der Waals surface area contributed by atoms with Crippen molar-refractivity contribution < 1.29 is 9.47 Å². The maximum atomic E-state index is 5.36. The van der Waals surface area contributed by atoms with Gasteiger partial charge in [-0.3, -0.25) is 0 Å². The minimum atomic E-state index is 0.656. The van der Waals surface area contributed by atoms with Gasteiger partial charge in [-0.1, -0.05) is 0 Å². The lowest BCUT2D eigenvalue weighted by Gasteiger charge is -2.08. The molecule has 0 amide bonds. The largest absolute Gasteiger partial charge is 0.383 e. The van der Waals surface area contributed by atoms with Gasteiger partial charge >= 0.3 is 0 Å². The van der Waals surface area contributed by atoms with Crippen molar-refractivity contribution in [3.05, 3.63) is 5.82 Å². The first kappa shape index (κ1) is 13.4. The number of methoxy groups -OCH3 is 1. The molecule has 0 saturated carbocycles. The fourth-order valence-corrected chi connectivity index (χ4v) is 2.01. The van der Waals surface area contributed by atoms with Crippen LogP contribution < -0.4 is 5.32 Å². The third-order valence-electron chi connectivity index (χ3n) is 3.15. The van der Waals surface area contributed by atoms with E-state index >= 15 is 0 Å². The number of tetrazole rings is 1. The summed E-state index contributed by atoms with van der Waals surface area (Å²) in [5.41, 5.74) is 0. The van der Waals surface area contributed by atoms with Crippen LogP contribution in [0.15, 0.2) is 0 Å². The molecule has 1 aromatic rings. The number of rotatable bonds is 8. The topological polar surface area (TPSA) is 74.1 Å². The second kappa shape index (κ2) is 7.40. The third kappa shape index (κ3) is 4.01. The predicted octanol–water partition coefficient (Wildman–Crippen LogP) is -0.164. The number of nitrogens with one attached hydrogen (secondary N) is 1. The zero-order chi connectivity index (χ0) is 12.6. The zero-order valence-electron chi connectivity index (χ0n) is 10.8. The monoisotopic (exact) mass is 255 g/mol. The fourth-order valence-electron chi connectivity index (χ4n) is 2.01. The van der Waals surface area contributed by atoms with Gasteiger partial charge in [0.1, 0.15) is 0 Å². The maximum Gasteiger partial charge on any atom is 0.165 e. The first-order valence-corrected chi connectivity index (χ1v) is 6.42. The Bertz CT molecular complexity index is 338. The second-order valence-corrected chi connectivity index (χ2v) is 4.51. The molecule has 1 aliphatic heterocycles. The van der Waals surface area contributed by atoms with Crippen LogP contribution in [0.4, 0.5) is 0 Å². The number of aromatic nitrogens is 4. The lowest BCUT2D eigenvalue weighted by molar-refractivity contribution is 0.182. The van der Waals surface area contributed by atoms with Crippen LogP contribution in [0.1, 0.15) is 18.7 Å². The minimum Gasteiger partial charge on any atom is -0.383 e. The van der Waals surface area contributed by atoms with Crippen LogP contribution >= 0.6 is 0 Å². The molecule has 102 valence electrons. The Kier molecular flexibility index (Phi) is 5.50. The van der Waals surface area contributed by atoms with Gasteiger partial charge in [-0.2, -0.15) is 0 Å². The summed E-state index contributed by atoms with van der Waals surface area (Å²) >= 11 is 0. The van der Waals surface area contributed by atoms with Gasteiger partial charge in [0.2, 0.25) is 0 Å². The van der Waals surface area contributed by atoms with Crippen molar-refractivity contribution in [1.29, 1.82) is 0 Å². The van der Waals surface area contributed by atoms with E-state index in [1.54, 1.807) is 7.11 Å². The van der Waals surface area contributed by atoms with Crippen LogP contribution in [0.25, 0.3) is 0 Å². The van der Waals surface area contributed by atoms with Crippen molar-refractivity contribution >= 4 is 0 Å². The standard InChI is InChI=1S/C11H21N5O2/c1-17-7-4-12-8-11-13-14-15-16(11)5-2-10-3-6-18-9-10/h10,12H,2-9H2,1H3. The highest BCUT2D eigenvalue weighted by Gasteiger charge is 2.16. The second-order valence-electron chi connectivity index (χ2n) is 4.51. The Balaban J connectivity index is 1.72. The van der Waals surface area contributed by atoms with Gasteiger partial charge in [0.05, 0.1) is 13.2 Å². The SMILES string of the molecule is COCCNCc1nnnn1CCC1CCOC1. The lowest BCUT2D eigenvalue weighted by atomic mass is 10.1. The van der Waals surface area contributed by atoms with E-state index in [1.165, 1.54) is 0 Å². The summed E-state index contributed by atoms with van der Waals surface area (Å²) in [6.45, 7) is 4.82. The average molecular weight is 255 g/mol. The highest BCUT2D eigenvalue weighted by Crippen LogP contribution is 2.16. The van der Waals surface area contributed by atoms with Crippen molar-refractivity contribution in [3.8, 4) is 0 Å². The van der Waals surface area contributed by atoms with Crippen molar-refractivity contribution in [1.82, 2.24) is 25.5 Å². The minimum absolute atomic E-state index is 0.656. The molecule has 18 heavy (non-hydrogen) atoms. The van der Waals surface area contributed by atoms with E-state index in [0.717, 1.165) is 45.0 Å². The summed E-state index contributed by atoms with van der Waals surface area (Å²) < 4.78 is 12.2. The Hall–Kier alpha value is -1.05. The molecule has 1 saturated heterocycles. The normalized spacial score (nSPS) is 19.5. The third-order valence-corrected chi connectivity index (χ3v) is 3.15.